The molecular weight excluding hydrogens is 292 g/mol. The van der Waals surface area contributed by atoms with E-state index >= 15 is 0 Å². The van der Waals surface area contributed by atoms with E-state index in [0.29, 0.717) is 6.61 Å². The second kappa shape index (κ2) is 6.66. The largest absolute Gasteiger partial charge is 0.353 e. The molecule has 2 aromatic rings. The standard InChI is InChI=1S/C14H15BrN2O/c15-13-8-6-12(7-9-13)14(17-16)18-10-11-4-2-1-3-5-11/h1-9,14,17H,10,16H2. The Morgan fingerprint density at radius 2 is 1.72 bits per heavy atom. The highest BCUT2D eigenvalue weighted by Crippen LogP contribution is 2.18. The van der Waals surface area contributed by atoms with Gasteiger partial charge < -0.3 is 4.74 Å². The molecule has 1 atom stereocenters. The zero-order chi connectivity index (χ0) is 12.8. The molecule has 0 aromatic heterocycles. The summed E-state index contributed by atoms with van der Waals surface area (Å²) in [5.41, 5.74) is 4.79. The molecule has 3 nitrogen and oxygen atoms in total. The van der Waals surface area contributed by atoms with Crippen molar-refractivity contribution in [2.75, 3.05) is 0 Å². The lowest BCUT2D eigenvalue weighted by Gasteiger charge is -2.17. The summed E-state index contributed by atoms with van der Waals surface area (Å²) >= 11 is 3.40. The number of rotatable bonds is 5. The van der Waals surface area contributed by atoms with Gasteiger partial charge in [-0.2, -0.15) is 0 Å². The van der Waals surface area contributed by atoms with Crippen LogP contribution in [-0.4, -0.2) is 0 Å². The molecule has 0 spiro atoms. The van der Waals surface area contributed by atoms with Gasteiger partial charge in [-0.1, -0.05) is 58.4 Å². The van der Waals surface area contributed by atoms with Crippen molar-refractivity contribution < 1.29 is 4.74 Å². The number of benzene rings is 2. The van der Waals surface area contributed by atoms with E-state index in [1.165, 1.54) is 0 Å². The third-order valence-corrected chi connectivity index (χ3v) is 3.11. The first-order valence-electron chi connectivity index (χ1n) is 5.66. The Bertz CT molecular complexity index is 473. The smallest absolute Gasteiger partial charge is 0.146 e. The highest BCUT2D eigenvalue weighted by atomic mass is 79.9. The number of nitrogens with two attached hydrogens (primary N) is 1. The maximum absolute atomic E-state index is 5.75. The Labute approximate surface area is 115 Å². The molecule has 0 amide bonds. The van der Waals surface area contributed by atoms with Crippen molar-refractivity contribution in [3.8, 4) is 0 Å². The summed E-state index contributed by atoms with van der Waals surface area (Å²) in [4.78, 5) is 0. The molecule has 1 unspecified atom stereocenters. The van der Waals surface area contributed by atoms with E-state index in [4.69, 9.17) is 10.6 Å². The summed E-state index contributed by atoms with van der Waals surface area (Å²) in [6.45, 7) is 0.520. The van der Waals surface area contributed by atoms with Gasteiger partial charge >= 0.3 is 0 Å². The Morgan fingerprint density at radius 1 is 1.06 bits per heavy atom. The number of hydrogen-bond acceptors (Lipinski definition) is 3. The van der Waals surface area contributed by atoms with Crippen molar-refractivity contribution in [3.05, 3.63) is 70.2 Å². The van der Waals surface area contributed by atoms with Gasteiger partial charge in [0.1, 0.15) is 6.23 Å². The van der Waals surface area contributed by atoms with Crippen LogP contribution in [0.1, 0.15) is 17.4 Å². The molecule has 0 aliphatic rings. The van der Waals surface area contributed by atoms with Gasteiger partial charge in [-0.3, -0.25) is 5.84 Å². The van der Waals surface area contributed by atoms with Crippen molar-refractivity contribution in [2.45, 2.75) is 12.8 Å². The average Bonchev–Trinajstić information content (AvgIpc) is 2.42. The minimum atomic E-state index is -0.307. The van der Waals surface area contributed by atoms with Crippen LogP contribution >= 0.6 is 15.9 Å². The maximum atomic E-state index is 5.75. The number of nitrogens with one attached hydrogen (secondary N) is 1. The van der Waals surface area contributed by atoms with E-state index in [-0.39, 0.29) is 6.23 Å². The van der Waals surface area contributed by atoms with Gasteiger partial charge in [0.25, 0.3) is 0 Å². The van der Waals surface area contributed by atoms with Gasteiger partial charge in [0, 0.05) is 4.47 Å². The molecule has 4 heteroatoms. The SMILES string of the molecule is NNC(OCc1ccccc1)c1ccc(Br)cc1. The fraction of sp³-hybridized carbons (Fsp3) is 0.143. The highest BCUT2D eigenvalue weighted by molar-refractivity contribution is 9.10. The van der Waals surface area contributed by atoms with Crippen LogP contribution in [0.15, 0.2) is 59.1 Å². The van der Waals surface area contributed by atoms with Crippen molar-refractivity contribution >= 4 is 15.9 Å². The van der Waals surface area contributed by atoms with E-state index in [2.05, 4.69) is 21.4 Å². The highest BCUT2D eigenvalue weighted by Gasteiger charge is 2.09. The lowest BCUT2D eigenvalue weighted by molar-refractivity contribution is 0.0162. The van der Waals surface area contributed by atoms with Crippen molar-refractivity contribution in [2.24, 2.45) is 5.84 Å². The number of halogens is 1. The van der Waals surface area contributed by atoms with E-state index in [0.717, 1.165) is 15.6 Å². The molecule has 0 radical (unpaired) electrons. The molecule has 2 aromatic carbocycles. The summed E-state index contributed by atoms with van der Waals surface area (Å²) in [6.07, 6.45) is -0.307. The summed E-state index contributed by atoms with van der Waals surface area (Å²) < 4.78 is 6.78. The number of hydrazine groups is 1. The third-order valence-electron chi connectivity index (χ3n) is 2.58. The fourth-order valence-corrected chi connectivity index (χ4v) is 1.90. The van der Waals surface area contributed by atoms with Gasteiger partial charge in [-0.05, 0) is 23.3 Å². The molecule has 0 aliphatic carbocycles. The van der Waals surface area contributed by atoms with Crippen LogP contribution in [0.4, 0.5) is 0 Å². The summed E-state index contributed by atoms with van der Waals surface area (Å²) in [5.74, 6) is 5.52. The van der Waals surface area contributed by atoms with Crippen LogP contribution in [0.25, 0.3) is 0 Å². The first kappa shape index (κ1) is 13.2. The topological polar surface area (TPSA) is 47.3 Å². The molecule has 0 bridgehead atoms. The summed E-state index contributed by atoms with van der Waals surface area (Å²) in [5, 5.41) is 0. The van der Waals surface area contributed by atoms with Crippen LogP contribution in [-0.2, 0) is 11.3 Å². The minimum absolute atomic E-state index is 0.307. The lowest BCUT2D eigenvalue weighted by atomic mass is 10.2. The Balaban J connectivity index is 1.99. The van der Waals surface area contributed by atoms with Crippen LogP contribution in [0, 0.1) is 0 Å². The number of hydrogen-bond donors (Lipinski definition) is 2. The van der Waals surface area contributed by atoms with Crippen molar-refractivity contribution in [3.63, 3.8) is 0 Å². The molecule has 2 rings (SSSR count). The molecule has 0 saturated carbocycles. The molecule has 3 N–H and O–H groups in total. The molecule has 0 heterocycles. The average molecular weight is 307 g/mol. The van der Waals surface area contributed by atoms with E-state index < -0.39 is 0 Å². The summed E-state index contributed by atoms with van der Waals surface area (Å²) in [7, 11) is 0. The minimum Gasteiger partial charge on any atom is -0.353 e. The van der Waals surface area contributed by atoms with Gasteiger partial charge in [0.15, 0.2) is 0 Å². The molecular formula is C14H15BrN2O. The monoisotopic (exact) mass is 306 g/mol. The van der Waals surface area contributed by atoms with Gasteiger partial charge in [0.2, 0.25) is 0 Å². The van der Waals surface area contributed by atoms with Crippen LogP contribution in [0.2, 0.25) is 0 Å². The maximum Gasteiger partial charge on any atom is 0.146 e. The van der Waals surface area contributed by atoms with Gasteiger partial charge in [0.05, 0.1) is 6.61 Å². The molecule has 0 saturated heterocycles. The molecule has 94 valence electrons. The zero-order valence-corrected chi connectivity index (χ0v) is 11.4. The lowest BCUT2D eigenvalue weighted by Crippen LogP contribution is -2.29. The second-order valence-electron chi connectivity index (χ2n) is 3.89. The van der Waals surface area contributed by atoms with E-state index in [1.54, 1.807) is 0 Å². The van der Waals surface area contributed by atoms with Gasteiger partial charge in [-0.15, -0.1) is 0 Å². The second-order valence-corrected chi connectivity index (χ2v) is 4.81. The third kappa shape index (κ3) is 3.65. The van der Waals surface area contributed by atoms with Crippen LogP contribution in [0.3, 0.4) is 0 Å². The first-order valence-corrected chi connectivity index (χ1v) is 6.46. The Kier molecular flexibility index (Phi) is 4.90. The predicted octanol–water partition coefficient (Wildman–Crippen LogP) is 3.13. The zero-order valence-electron chi connectivity index (χ0n) is 9.84. The summed E-state index contributed by atoms with van der Waals surface area (Å²) in [6, 6.07) is 17.9. The van der Waals surface area contributed by atoms with E-state index in [9.17, 15) is 0 Å². The fourth-order valence-electron chi connectivity index (χ4n) is 1.63. The number of ether oxygens (including phenoxy) is 1. The van der Waals surface area contributed by atoms with Crippen molar-refractivity contribution in [1.29, 1.82) is 0 Å². The Hall–Kier alpha value is -1.20. The van der Waals surface area contributed by atoms with Crippen LogP contribution < -0.4 is 11.3 Å². The molecule has 0 aliphatic heterocycles. The first-order chi connectivity index (χ1) is 8.79. The quantitative estimate of drug-likeness (QED) is 0.507. The van der Waals surface area contributed by atoms with E-state index in [1.807, 2.05) is 54.6 Å². The van der Waals surface area contributed by atoms with Crippen molar-refractivity contribution in [1.82, 2.24) is 5.43 Å². The van der Waals surface area contributed by atoms with Crippen LogP contribution in [0.5, 0.6) is 0 Å². The normalized spacial score (nSPS) is 12.3. The molecule has 18 heavy (non-hydrogen) atoms. The Morgan fingerprint density at radius 3 is 2.33 bits per heavy atom. The van der Waals surface area contributed by atoms with Gasteiger partial charge in [-0.25, -0.2) is 5.43 Å². The molecule has 0 fully saturated rings. The predicted molar refractivity (Wildman–Crippen MR) is 75.4 cm³/mol.